The minimum absolute atomic E-state index is 0.0812. The molecule has 1 aromatic rings. The first-order chi connectivity index (χ1) is 7.59. The predicted octanol–water partition coefficient (Wildman–Crippen LogP) is -0.494. The van der Waals surface area contributed by atoms with Crippen LogP contribution in [0.5, 0.6) is 0 Å². The lowest BCUT2D eigenvalue weighted by Gasteiger charge is -2.08. The van der Waals surface area contributed by atoms with Crippen LogP contribution in [0.25, 0.3) is 0 Å². The van der Waals surface area contributed by atoms with Crippen molar-refractivity contribution in [3.8, 4) is 0 Å². The van der Waals surface area contributed by atoms with Crippen LogP contribution in [0, 0.1) is 0 Å². The van der Waals surface area contributed by atoms with E-state index in [1.807, 2.05) is 30.3 Å². The second kappa shape index (κ2) is 5.87. The van der Waals surface area contributed by atoms with Gasteiger partial charge < -0.3 is 16.8 Å². The van der Waals surface area contributed by atoms with Crippen LogP contribution >= 0.6 is 0 Å². The fraction of sp³-hybridized carbons (Fsp3) is 0.273. The van der Waals surface area contributed by atoms with E-state index in [4.69, 9.17) is 11.5 Å². The summed E-state index contributed by atoms with van der Waals surface area (Å²) in [6.45, 7) is 0.422. The molecule has 5 heteroatoms. The molecule has 0 saturated heterocycles. The maximum absolute atomic E-state index is 11.3. The molecule has 0 heterocycles. The Morgan fingerprint density at radius 1 is 1.25 bits per heavy atom. The maximum atomic E-state index is 11.3. The zero-order valence-corrected chi connectivity index (χ0v) is 8.85. The standard InChI is InChI=1S/C11H15N3O2/c12-9(11(13)16)6-10(15)14-7-8-4-2-1-3-5-8/h1-5,9H,6-7,12H2,(H2,13,16)(H,14,15)/t9-/m0/s1. The Kier molecular flexibility index (Phi) is 4.47. The van der Waals surface area contributed by atoms with E-state index in [0.717, 1.165) is 5.56 Å². The van der Waals surface area contributed by atoms with Crippen molar-refractivity contribution in [3.05, 3.63) is 35.9 Å². The molecule has 1 aromatic carbocycles. The number of carbonyl (C=O) groups is 2. The molecule has 5 N–H and O–H groups in total. The highest BCUT2D eigenvalue weighted by Gasteiger charge is 2.13. The van der Waals surface area contributed by atoms with Crippen molar-refractivity contribution in [1.82, 2.24) is 5.32 Å². The SMILES string of the molecule is NC(=O)[C@@H](N)CC(=O)NCc1ccccc1. The number of hydrogen-bond acceptors (Lipinski definition) is 3. The minimum Gasteiger partial charge on any atom is -0.368 e. The Hall–Kier alpha value is -1.88. The third-order valence-corrected chi connectivity index (χ3v) is 2.10. The number of primary amides is 1. The van der Waals surface area contributed by atoms with E-state index in [1.165, 1.54) is 0 Å². The van der Waals surface area contributed by atoms with Gasteiger partial charge in [-0.15, -0.1) is 0 Å². The summed E-state index contributed by atoms with van der Waals surface area (Å²) in [6.07, 6.45) is -0.0812. The number of nitrogens with two attached hydrogens (primary N) is 2. The Morgan fingerprint density at radius 2 is 1.88 bits per heavy atom. The maximum Gasteiger partial charge on any atom is 0.234 e. The molecule has 0 aliphatic carbocycles. The summed E-state index contributed by atoms with van der Waals surface area (Å²) in [5.41, 5.74) is 11.3. The van der Waals surface area contributed by atoms with Crippen LogP contribution in [0.15, 0.2) is 30.3 Å². The number of rotatable bonds is 5. The molecule has 2 amide bonds. The predicted molar refractivity (Wildman–Crippen MR) is 60.1 cm³/mol. The molecular weight excluding hydrogens is 206 g/mol. The minimum atomic E-state index is -0.921. The summed E-state index contributed by atoms with van der Waals surface area (Å²) in [7, 11) is 0. The number of benzene rings is 1. The summed E-state index contributed by atoms with van der Waals surface area (Å²) in [6, 6.07) is 8.54. The molecule has 0 fully saturated rings. The average Bonchev–Trinajstić information content (AvgIpc) is 2.27. The van der Waals surface area contributed by atoms with Crippen LogP contribution in [0.3, 0.4) is 0 Å². The van der Waals surface area contributed by atoms with Gasteiger partial charge in [-0.3, -0.25) is 9.59 Å². The van der Waals surface area contributed by atoms with Gasteiger partial charge in [-0.1, -0.05) is 30.3 Å². The summed E-state index contributed by atoms with van der Waals surface area (Å²) in [5.74, 6) is -0.954. The third-order valence-electron chi connectivity index (χ3n) is 2.10. The molecular formula is C11H15N3O2. The van der Waals surface area contributed by atoms with Crippen LogP contribution in [-0.4, -0.2) is 17.9 Å². The van der Waals surface area contributed by atoms with Crippen molar-refractivity contribution in [2.24, 2.45) is 11.5 Å². The highest BCUT2D eigenvalue weighted by Crippen LogP contribution is 1.97. The zero-order chi connectivity index (χ0) is 12.0. The van der Waals surface area contributed by atoms with E-state index >= 15 is 0 Å². The van der Waals surface area contributed by atoms with Crippen molar-refractivity contribution in [1.29, 1.82) is 0 Å². The first kappa shape index (κ1) is 12.2. The molecule has 0 bridgehead atoms. The number of nitrogens with one attached hydrogen (secondary N) is 1. The first-order valence-corrected chi connectivity index (χ1v) is 4.95. The zero-order valence-electron chi connectivity index (χ0n) is 8.85. The van der Waals surface area contributed by atoms with Crippen LogP contribution in [-0.2, 0) is 16.1 Å². The number of carbonyl (C=O) groups excluding carboxylic acids is 2. The van der Waals surface area contributed by atoms with Gasteiger partial charge in [0.25, 0.3) is 0 Å². The van der Waals surface area contributed by atoms with E-state index in [-0.39, 0.29) is 12.3 Å². The van der Waals surface area contributed by atoms with Crippen LogP contribution in [0.1, 0.15) is 12.0 Å². The molecule has 16 heavy (non-hydrogen) atoms. The van der Waals surface area contributed by atoms with Gasteiger partial charge in [0.2, 0.25) is 11.8 Å². The van der Waals surface area contributed by atoms with Crippen molar-refractivity contribution >= 4 is 11.8 Å². The number of hydrogen-bond donors (Lipinski definition) is 3. The highest BCUT2D eigenvalue weighted by atomic mass is 16.2. The van der Waals surface area contributed by atoms with Crippen molar-refractivity contribution in [2.45, 2.75) is 19.0 Å². The van der Waals surface area contributed by atoms with Crippen molar-refractivity contribution < 1.29 is 9.59 Å². The summed E-state index contributed by atoms with van der Waals surface area (Å²) >= 11 is 0. The van der Waals surface area contributed by atoms with Crippen LogP contribution in [0.4, 0.5) is 0 Å². The van der Waals surface area contributed by atoms with Gasteiger partial charge in [0, 0.05) is 6.54 Å². The lowest BCUT2D eigenvalue weighted by Crippen LogP contribution is -2.40. The molecule has 5 nitrogen and oxygen atoms in total. The van der Waals surface area contributed by atoms with Gasteiger partial charge in [-0.2, -0.15) is 0 Å². The summed E-state index contributed by atoms with van der Waals surface area (Å²) < 4.78 is 0. The summed E-state index contributed by atoms with van der Waals surface area (Å²) in [4.78, 5) is 22.0. The first-order valence-electron chi connectivity index (χ1n) is 4.95. The average molecular weight is 221 g/mol. The molecule has 0 aliphatic rings. The van der Waals surface area contributed by atoms with Crippen molar-refractivity contribution in [3.63, 3.8) is 0 Å². The van der Waals surface area contributed by atoms with E-state index in [2.05, 4.69) is 5.32 Å². The summed E-state index contributed by atoms with van der Waals surface area (Å²) in [5, 5.41) is 2.66. The molecule has 1 rings (SSSR count). The smallest absolute Gasteiger partial charge is 0.234 e. The topological polar surface area (TPSA) is 98.2 Å². The lowest BCUT2D eigenvalue weighted by molar-refractivity contribution is -0.126. The van der Waals surface area contributed by atoms with E-state index < -0.39 is 11.9 Å². The Labute approximate surface area is 93.8 Å². The molecule has 0 aliphatic heterocycles. The normalized spacial score (nSPS) is 11.8. The van der Waals surface area contributed by atoms with Crippen molar-refractivity contribution in [2.75, 3.05) is 0 Å². The second-order valence-electron chi connectivity index (χ2n) is 3.48. The molecule has 0 spiro atoms. The Morgan fingerprint density at radius 3 is 2.44 bits per heavy atom. The molecule has 86 valence electrons. The molecule has 0 radical (unpaired) electrons. The quantitative estimate of drug-likeness (QED) is 0.625. The molecule has 1 atom stereocenters. The van der Waals surface area contributed by atoms with Gasteiger partial charge in [0.15, 0.2) is 0 Å². The fourth-order valence-electron chi connectivity index (χ4n) is 1.17. The van der Waals surface area contributed by atoms with Crippen LogP contribution < -0.4 is 16.8 Å². The Balaban J connectivity index is 2.33. The van der Waals surface area contributed by atoms with Gasteiger partial charge in [-0.25, -0.2) is 0 Å². The third kappa shape index (κ3) is 4.10. The van der Waals surface area contributed by atoms with Gasteiger partial charge in [0.05, 0.1) is 12.5 Å². The Bertz CT molecular complexity index is 365. The van der Waals surface area contributed by atoms with E-state index in [0.29, 0.717) is 6.54 Å². The fourth-order valence-corrected chi connectivity index (χ4v) is 1.17. The molecule has 0 unspecified atom stereocenters. The highest BCUT2D eigenvalue weighted by molar-refractivity contribution is 5.87. The van der Waals surface area contributed by atoms with E-state index in [1.54, 1.807) is 0 Å². The van der Waals surface area contributed by atoms with Crippen LogP contribution in [0.2, 0.25) is 0 Å². The van der Waals surface area contributed by atoms with Gasteiger partial charge in [0.1, 0.15) is 0 Å². The lowest BCUT2D eigenvalue weighted by atomic mass is 10.2. The number of amides is 2. The molecule has 0 aromatic heterocycles. The van der Waals surface area contributed by atoms with Gasteiger partial charge >= 0.3 is 0 Å². The monoisotopic (exact) mass is 221 g/mol. The van der Waals surface area contributed by atoms with E-state index in [9.17, 15) is 9.59 Å². The molecule has 0 saturated carbocycles. The second-order valence-corrected chi connectivity index (χ2v) is 3.48. The van der Waals surface area contributed by atoms with Gasteiger partial charge in [-0.05, 0) is 5.56 Å². The largest absolute Gasteiger partial charge is 0.368 e.